The van der Waals surface area contributed by atoms with E-state index in [-0.39, 0.29) is 33.8 Å². The van der Waals surface area contributed by atoms with Crippen LogP contribution in [0.4, 0.5) is 0 Å². The fraction of sp³-hybridized carbons (Fsp3) is 0.500. The highest BCUT2D eigenvalue weighted by molar-refractivity contribution is 5.89. The van der Waals surface area contributed by atoms with Crippen molar-refractivity contribution in [1.29, 1.82) is 0 Å². The van der Waals surface area contributed by atoms with E-state index in [1.165, 1.54) is 42.5 Å². The quantitative estimate of drug-likeness (QED) is 0.0216. The summed E-state index contributed by atoms with van der Waals surface area (Å²) in [5.41, 5.74) is 0.154. The Morgan fingerprint density at radius 1 is 0.526 bits per heavy atom. The molecule has 416 valence electrons. The number of aliphatic hydroxyl groups is 14. The largest absolute Gasteiger partial charge is 0.507 e. The molecule has 17 N–H and O–H groups in total. The zero-order valence-corrected chi connectivity index (χ0v) is 39.4. The minimum atomic E-state index is -2.13. The minimum Gasteiger partial charge on any atom is -0.507 e. The first-order valence-corrected chi connectivity index (χ1v) is 23.4. The van der Waals surface area contributed by atoms with Gasteiger partial charge in [0.15, 0.2) is 23.9 Å². The topological polar surface area (TPSA) is 455 Å². The molecular weight excluding hydrogens is 1020 g/mol. The zero-order valence-electron chi connectivity index (χ0n) is 39.4. The second-order valence-electron chi connectivity index (χ2n) is 18.1. The highest BCUT2D eigenvalue weighted by Gasteiger charge is 2.53. The van der Waals surface area contributed by atoms with Gasteiger partial charge < -0.3 is 129 Å². The van der Waals surface area contributed by atoms with E-state index in [0.29, 0.717) is 5.56 Å². The van der Waals surface area contributed by atoms with Crippen LogP contribution >= 0.6 is 0 Å². The van der Waals surface area contributed by atoms with Gasteiger partial charge in [0.1, 0.15) is 121 Å². The lowest BCUT2D eigenvalue weighted by atomic mass is 9.97. The van der Waals surface area contributed by atoms with Gasteiger partial charge in [-0.2, -0.15) is 0 Å². The summed E-state index contributed by atoms with van der Waals surface area (Å²) in [4.78, 5) is 13.1. The van der Waals surface area contributed by atoms with E-state index in [2.05, 4.69) is 0 Å². The molecule has 20 unspecified atom stereocenters. The van der Waals surface area contributed by atoms with Gasteiger partial charge in [-0.1, -0.05) is 12.1 Å². The van der Waals surface area contributed by atoms with Crippen LogP contribution in [0.25, 0.3) is 28.4 Å². The SMILES string of the molecule is O=C(C=Cc1ccc(OC2OC(CO)C(O)C(O)C2O)cc1)OCC1OC(Oc2cc3c(OC4OC(CO)C(O)C(O)C4O)cc(O)cc3[o+]c2-c2ccc(O)c(O)c2)C(OC2OC(CO)C(O)C(O)C2O)C(O)C1O. The molecule has 1 aromatic heterocycles. The fourth-order valence-electron chi connectivity index (χ4n) is 8.59. The van der Waals surface area contributed by atoms with Crippen molar-refractivity contribution in [3.05, 3.63) is 72.3 Å². The third-order valence-electron chi connectivity index (χ3n) is 12.9. The van der Waals surface area contributed by atoms with Crippen LogP contribution in [-0.2, 0) is 33.2 Å². The van der Waals surface area contributed by atoms with E-state index < -0.39 is 178 Å². The van der Waals surface area contributed by atoms with Crippen LogP contribution in [0.5, 0.6) is 34.5 Å². The van der Waals surface area contributed by atoms with E-state index in [4.69, 9.17) is 47.0 Å². The maximum absolute atomic E-state index is 13.1. The van der Waals surface area contributed by atoms with Gasteiger partial charge in [0.25, 0.3) is 0 Å². The van der Waals surface area contributed by atoms with Gasteiger partial charge in [0.05, 0.1) is 31.5 Å². The number of ether oxygens (including phenoxy) is 9. The molecule has 4 aliphatic heterocycles. The lowest BCUT2D eigenvalue weighted by Crippen LogP contribution is -2.65. The number of aromatic hydroxyl groups is 3. The minimum absolute atomic E-state index is 0.0389. The van der Waals surface area contributed by atoms with Crippen LogP contribution in [0.15, 0.2) is 71.2 Å². The predicted octanol–water partition coefficient (Wildman–Crippen LogP) is -4.88. The van der Waals surface area contributed by atoms with Gasteiger partial charge in [0.2, 0.25) is 24.6 Å². The molecule has 4 fully saturated rings. The van der Waals surface area contributed by atoms with E-state index in [9.17, 15) is 91.6 Å². The fourth-order valence-corrected chi connectivity index (χ4v) is 8.59. The third kappa shape index (κ3) is 11.9. The maximum atomic E-state index is 13.1. The number of hydrogen-bond acceptors (Lipinski definition) is 27. The molecule has 0 spiro atoms. The highest BCUT2D eigenvalue weighted by atomic mass is 16.8. The van der Waals surface area contributed by atoms with Crippen molar-refractivity contribution in [2.24, 2.45) is 0 Å². The summed E-state index contributed by atoms with van der Waals surface area (Å²) in [5.74, 6) is -3.72. The molecule has 5 heterocycles. The molecule has 28 nitrogen and oxygen atoms in total. The first-order valence-electron chi connectivity index (χ1n) is 23.4. The standard InChI is InChI=1S/C48H56O28/c49-13-27-32(56)36(60)40(64)45(72-27)68-20-5-1-17(2-6-20)3-8-31(55)67-16-30-35(59)39(63)44(76-47-42(66)38(62)34(58)29(15-51)74-47)48(75-30)71-26-12-21-24(69-43(26)18-4-7-22(53)23(54)9-18)10-19(52)11-25(21)70-46-41(65)37(61)33(57)28(14-50)73-46/h1-12,27-30,32-42,44-51,56-66H,13-16H2,(H2-,52,53,54)/p+1. The van der Waals surface area contributed by atoms with Crippen LogP contribution in [-0.4, -0.2) is 242 Å². The number of hydrogen-bond donors (Lipinski definition) is 17. The van der Waals surface area contributed by atoms with E-state index >= 15 is 0 Å². The van der Waals surface area contributed by atoms with Crippen LogP contribution in [0.3, 0.4) is 0 Å². The summed E-state index contributed by atoms with van der Waals surface area (Å²) in [7, 11) is 0. The van der Waals surface area contributed by atoms with Gasteiger partial charge in [-0.05, 0) is 35.9 Å². The van der Waals surface area contributed by atoms with Crippen LogP contribution in [0.1, 0.15) is 5.56 Å². The van der Waals surface area contributed by atoms with Crippen molar-refractivity contribution < 1.29 is 139 Å². The number of carbonyl (C=O) groups is 1. The Hall–Kier alpha value is -5.68. The molecule has 8 rings (SSSR count). The molecule has 0 radical (unpaired) electrons. The van der Waals surface area contributed by atoms with Crippen LogP contribution < -0.4 is 14.2 Å². The average Bonchev–Trinajstić information content (AvgIpc) is 3.42. The summed E-state index contributed by atoms with van der Waals surface area (Å²) < 4.78 is 57.7. The number of carbonyl (C=O) groups excluding carboxylic acids is 1. The van der Waals surface area contributed by atoms with Crippen LogP contribution in [0, 0.1) is 0 Å². The predicted molar refractivity (Wildman–Crippen MR) is 246 cm³/mol. The van der Waals surface area contributed by atoms with Gasteiger partial charge in [-0.25, -0.2) is 9.21 Å². The van der Waals surface area contributed by atoms with Gasteiger partial charge in [-0.3, -0.25) is 0 Å². The molecule has 0 aliphatic carbocycles. The van der Waals surface area contributed by atoms with Gasteiger partial charge in [-0.15, -0.1) is 0 Å². The van der Waals surface area contributed by atoms with E-state index in [1.54, 1.807) is 0 Å². The zero-order chi connectivity index (χ0) is 54.9. The number of phenolic OH excluding ortho intramolecular Hbond substituents is 3. The second-order valence-corrected chi connectivity index (χ2v) is 18.1. The molecule has 4 aromatic rings. The molecule has 28 heteroatoms. The molecule has 4 saturated heterocycles. The second kappa shape index (κ2) is 23.9. The van der Waals surface area contributed by atoms with E-state index in [1.807, 2.05) is 0 Å². The number of benzene rings is 3. The Morgan fingerprint density at radius 2 is 1.05 bits per heavy atom. The molecule has 3 aromatic carbocycles. The number of phenols is 3. The summed E-state index contributed by atoms with van der Waals surface area (Å²) in [5, 5.41) is 178. The summed E-state index contributed by atoms with van der Waals surface area (Å²) >= 11 is 0. The van der Waals surface area contributed by atoms with Crippen molar-refractivity contribution in [2.75, 3.05) is 26.4 Å². The normalized spacial score (nSPS) is 36.0. The van der Waals surface area contributed by atoms with E-state index in [0.717, 1.165) is 30.3 Å². The summed E-state index contributed by atoms with van der Waals surface area (Å²) in [6.45, 7) is -3.19. The Bertz CT molecular complexity index is 2630. The Balaban J connectivity index is 1.08. The molecule has 76 heavy (non-hydrogen) atoms. The third-order valence-corrected chi connectivity index (χ3v) is 12.9. The summed E-state index contributed by atoms with van der Waals surface area (Å²) in [6.07, 6.45) is -33.4. The highest BCUT2D eigenvalue weighted by Crippen LogP contribution is 2.44. The molecule has 0 amide bonds. The van der Waals surface area contributed by atoms with Crippen molar-refractivity contribution in [3.63, 3.8) is 0 Å². The number of esters is 1. The number of fused-ring (bicyclic) bond motifs is 1. The average molecular weight is 1080 g/mol. The van der Waals surface area contributed by atoms with Crippen molar-refractivity contribution in [1.82, 2.24) is 0 Å². The lowest BCUT2D eigenvalue weighted by Gasteiger charge is -2.45. The molecule has 0 bridgehead atoms. The number of rotatable bonds is 16. The first kappa shape index (κ1) is 56.5. The van der Waals surface area contributed by atoms with Crippen molar-refractivity contribution in [3.8, 4) is 45.8 Å². The smallest absolute Gasteiger partial charge is 0.402 e. The van der Waals surface area contributed by atoms with Gasteiger partial charge in [0, 0.05) is 24.3 Å². The Morgan fingerprint density at radius 3 is 1.63 bits per heavy atom. The Kier molecular flexibility index (Phi) is 17.8. The molecule has 20 atom stereocenters. The molecular formula is C48H57O28+. The first-order chi connectivity index (χ1) is 36.2. The van der Waals surface area contributed by atoms with Gasteiger partial charge >= 0.3 is 17.3 Å². The molecule has 4 aliphatic rings. The lowest BCUT2D eigenvalue weighted by molar-refractivity contribution is -0.357. The Labute approximate surface area is 428 Å². The summed E-state index contributed by atoms with van der Waals surface area (Å²) in [6, 6.07) is 12.4. The maximum Gasteiger partial charge on any atom is 0.402 e. The van der Waals surface area contributed by atoms with Crippen molar-refractivity contribution >= 4 is 23.0 Å². The molecule has 0 saturated carbocycles. The number of aliphatic hydroxyl groups excluding tert-OH is 14. The van der Waals surface area contributed by atoms with Crippen molar-refractivity contribution in [2.45, 2.75) is 123 Å². The monoisotopic (exact) mass is 1080 g/mol. The van der Waals surface area contributed by atoms with Crippen LogP contribution in [0.2, 0.25) is 0 Å².